The molecule has 5 heteroatoms. The van der Waals surface area contributed by atoms with Crippen LogP contribution in [0.2, 0.25) is 0 Å². The molecule has 2 N–H and O–H groups in total. The fourth-order valence-electron chi connectivity index (χ4n) is 1.93. The number of aromatic nitrogens is 2. The standard InChI is InChI=1S/C14H11N3O2/c18-14(19)15-11-6-7-17-9-12(16-13(17)8-11)10-4-2-1-3-5-10/h1-9,15H,(H,18,19). The third kappa shape index (κ3) is 2.26. The van der Waals surface area contributed by atoms with E-state index in [1.54, 1.807) is 18.3 Å². The Bertz CT molecular complexity index is 735. The monoisotopic (exact) mass is 253 g/mol. The second-order valence-corrected chi connectivity index (χ2v) is 4.10. The summed E-state index contributed by atoms with van der Waals surface area (Å²) < 4.78 is 1.86. The van der Waals surface area contributed by atoms with E-state index >= 15 is 0 Å². The molecule has 0 atom stereocenters. The molecule has 0 spiro atoms. The lowest BCUT2D eigenvalue weighted by molar-refractivity contribution is 0.210. The van der Waals surface area contributed by atoms with Gasteiger partial charge >= 0.3 is 6.09 Å². The number of imidazole rings is 1. The lowest BCUT2D eigenvalue weighted by atomic mass is 10.2. The van der Waals surface area contributed by atoms with Gasteiger partial charge in [-0.25, -0.2) is 9.78 Å². The summed E-state index contributed by atoms with van der Waals surface area (Å²) in [7, 11) is 0. The fraction of sp³-hybridized carbons (Fsp3) is 0. The van der Waals surface area contributed by atoms with Gasteiger partial charge in [0.25, 0.3) is 0 Å². The number of fused-ring (bicyclic) bond motifs is 1. The maximum Gasteiger partial charge on any atom is 0.409 e. The maximum absolute atomic E-state index is 10.6. The van der Waals surface area contributed by atoms with Gasteiger partial charge in [0, 0.05) is 29.7 Å². The van der Waals surface area contributed by atoms with Crippen molar-refractivity contribution in [1.82, 2.24) is 9.38 Å². The second-order valence-electron chi connectivity index (χ2n) is 4.10. The average molecular weight is 253 g/mol. The molecule has 5 nitrogen and oxygen atoms in total. The molecule has 0 radical (unpaired) electrons. The Balaban J connectivity index is 2.04. The van der Waals surface area contributed by atoms with Gasteiger partial charge in [-0.05, 0) is 6.07 Å². The lowest BCUT2D eigenvalue weighted by Gasteiger charge is -2.00. The zero-order valence-electron chi connectivity index (χ0n) is 9.95. The number of carbonyl (C=O) groups is 1. The van der Waals surface area contributed by atoms with Gasteiger partial charge in [-0.3, -0.25) is 5.32 Å². The molecule has 0 saturated heterocycles. The highest BCUT2D eigenvalue weighted by atomic mass is 16.4. The van der Waals surface area contributed by atoms with Crippen molar-refractivity contribution in [3.8, 4) is 11.3 Å². The van der Waals surface area contributed by atoms with E-state index in [4.69, 9.17) is 5.11 Å². The van der Waals surface area contributed by atoms with Crippen LogP contribution < -0.4 is 5.32 Å². The number of hydrogen-bond acceptors (Lipinski definition) is 2. The molecule has 0 aliphatic carbocycles. The number of nitrogens with one attached hydrogen (secondary N) is 1. The Morgan fingerprint density at radius 3 is 2.74 bits per heavy atom. The summed E-state index contributed by atoms with van der Waals surface area (Å²) in [4.78, 5) is 15.1. The number of nitrogens with zero attached hydrogens (tertiary/aromatic N) is 2. The predicted octanol–water partition coefficient (Wildman–Crippen LogP) is 3.09. The summed E-state index contributed by atoms with van der Waals surface area (Å²) in [5, 5.41) is 11.0. The molecule has 3 aromatic rings. The summed E-state index contributed by atoms with van der Waals surface area (Å²) in [6.45, 7) is 0. The Labute approximate surface area is 109 Å². The molecule has 0 aliphatic rings. The van der Waals surface area contributed by atoms with Crippen LogP contribution in [0.5, 0.6) is 0 Å². The van der Waals surface area contributed by atoms with E-state index in [1.807, 2.05) is 40.9 Å². The molecular formula is C14H11N3O2. The molecule has 1 aromatic carbocycles. The number of amides is 1. The summed E-state index contributed by atoms with van der Waals surface area (Å²) >= 11 is 0. The van der Waals surface area contributed by atoms with Crippen LogP contribution in [0.25, 0.3) is 16.9 Å². The van der Waals surface area contributed by atoms with Crippen LogP contribution in [0.3, 0.4) is 0 Å². The van der Waals surface area contributed by atoms with Crippen LogP contribution in [0.4, 0.5) is 10.5 Å². The van der Waals surface area contributed by atoms with Crippen LogP contribution in [-0.2, 0) is 0 Å². The van der Waals surface area contributed by atoms with E-state index < -0.39 is 6.09 Å². The topological polar surface area (TPSA) is 66.6 Å². The first-order chi connectivity index (χ1) is 9.22. The van der Waals surface area contributed by atoms with Gasteiger partial charge in [0.15, 0.2) is 0 Å². The lowest BCUT2D eigenvalue weighted by Crippen LogP contribution is -2.07. The van der Waals surface area contributed by atoms with Crippen LogP contribution in [0, 0.1) is 0 Å². The molecule has 0 bridgehead atoms. The van der Waals surface area contributed by atoms with Crippen molar-refractivity contribution in [2.75, 3.05) is 5.32 Å². The smallest absolute Gasteiger partial charge is 0.409 e. The minimum absolute atomic E-state index is 0.505. The van der Waals surface area contributed by atoms with Crippen molar-refractivity contribution in [2.45, 2.75) is 0 Å². The van der Waals surface area contributed by atoms with Crippen molar-refractivity contribution < 1.29 is 9.90 Å². The highest BCUT2D eigenvalue weighted by Gasteiger charge is 2.05. The minimum atomic E-state index is -1.08. The Morgan fingerprint density at radius 1 is 1.21 bits per heavy atom. The Morgan fingerprint density at radius 2 is 2.00 bits per heavy atom. The van der Waals surface area contributed by atoms with E-state index in [0.717, 1.165) is 11.3 Å². The van der Waals surface area contributed by atoms with Crippen molar-refractivity contribution in [3.63, 3.8) is 0 Å². The van der Waals surface area contributed by atoms with Crippen molar-refractivity contribution >= 4 is 17.4 Å². The van der Waals surface area contributed by atoms with E-state index in [0.29, 0.717) is 11.3 Å². The largest absolute Gasteiger partial charge is 0.465 e. The van der Waals surface area contributed by atoms with Crippen molar-refractivity contribution in [3.05, 3.63) is 54.9 Å². The van der Waals surface area contributed by atoms with Crippen LogP contribution in [0.1, 0.15) is 0 Å². The van der Waals surface area contributed by atoms with Crippen LogP contribution in [0.15, 0.2) is 54.9 Å². The van der Waals surface area contributed by atoms with Gasteiger partial charge in [0.05, 0.1) is 5.69 Å². The molecule has 1 amide bonds. The van der Waals surface area contributed by atoms with Gasteiger partial charge in [0.1, 0.15) is 5.65 Å². The number of pyridine rings is 1. The van der Waals surface area contributed by atoms with Gasteiger partial charge in [-0.2, -0.15) is 0 Å². The second kappa shape index (κ2) is 4.45. The predicted molar refractivity (Wildman–Crippen MR) is 72.3 cm³/mol. The normalized spacial score (nSPS) is 10.5. The van der Waals surface area contributed by atoms with Gasteiger partial charge in [0.2, 0.25) is 0 Å². The maximum atomic E-state index is 10.6. The summed E-state index contributed by atoms with van der Waals surface area (Å²) in [6, 6.07) is 13.2. The number of anilines is 1. The van der Waals surface area contributed by atoms with E-state index in [-0.39, 0.29) is 0 Å². The van der Waals surface area contributed by atoms with Crippen LogP contribution >= 0.6 is 0 Å². The Hall–Kier alpha value is -2.82. The highest BCUT2D eigenvalue weighted by molar-refractivity contribution is 5.83. The molecule has 0 fully saturated rings. The first kappa shape index (κ1) is 11.3. The number of benzene rings is 1. The van der Waals surface area contributed by atoms with Crippen LogP contribution in [-0.4, -0.2) is 20.6 Å². The molecule has 2 aromatic heterocycles. The quantitative estimate of drug-likeness (QED) is 0.737. The van der Waals surface area contributed by atoms with Crippen molar-refractivity contribution in [1.29, 1.82) is 0 Å². The number of hydrogen-bond donors (Lipinski definition) is 2. The zero-order chi connectivity index (χ0) is 13.2. The summed E-state index contributed by atoms with van der Waals surface area (Å²) in [6.07, 6.45) is 2.61. The zero-order valence-corrected chi connectivity index (χ0v) is 9.95. The molecule has 0 saturated carbocycles. The summed E-state index contributed by atoms with van der Waals surface area (Å²) in [5.74, 6) is 0. The summed E-state index contributed by atoms with van der Waals surface area (Å²) in [5.41, 5.74) is 3.09. The molecule has 2 heterocycles. The van der Waals surface area contributed by atoms with Gasteiger partial charge in [-0.1, -0.05) is 30.3 Å². The Kier molecular flexibility index (Phi) is 2.64. The molecule has 0 unspecified atom stereocenters. The molecule has 94 valence electrons. The van der Waals surface area contributed by atoms with E-state index in [2.05, 4.69) is 10.3 Å². The first-order valence-corrected chi connectivity index (χ1v) is 5.76. The third-order valence-corrected chi connectivity index (χ3v) is 2.78. The first-order valence-electron chi connectivity index (χ1n) is 5.76. The minimum Gasteiger partial charge on any atom is -0.465 e. The molecule has 3 rings (SSSR count). The number of rotatable bonds is 2. The van der Waals surface area contributed by atoms with E-state index in [9.17, 15) is 4.79 Å². The highest BCUT2D eigenvalue weighted by Crippen LogP contribution is 2.20. The number of carboxylic acid groups (broad SMARTS) is 1. The third-order valence-electron chi connectivity index (χ3n) is 2.78. The molecule has 0 aliphatic heterocycles. The average Bonchev–Trinajstić information content (AvgIpc) is 2.82. The van der Waals surface area contributed by atoms with Crippen molar-refractivity contribution in [2.24, 2.45) is 0 Å². The SMILES string of the molecule is O=C(O)Nc1ccn2cc(-c3ccccc3)nc2c1. The van der Waals surface area contributed by atoms with Gasteiger partial charge in [-0.15, -0.1) is 0 Å². The van der Waals surface area contributed by atoms with E-state index in [1.165, 1.54) is 0 Å². The van der Waals surface area contributed by atoms with Gasteiger partial charge < -0.3 is 9.51 Å². The molecular weight excluding hydrogens is 242 g/mol. The fourth-order valence-corrected chi connectivity index (χ4v) is 1.93. The molecule has 19 heavy (non-hydrogen) atoms.